The Labute approximate surface area is 94.8 Å². The molecule has 0 aromatic heterocycles. The lowest BCUT2D eigenvalue weighted by atomic mass is 10.2. The average Bonchev–Trinajstić information content (AvgIpc) is 2.13. The molecule has 2 atom stereocenters. The van der Waals surface area contributed by atoms with Gasteiger partial charge < -0.3 is 9.63 Å². The van der Waals surface area contributed by atoms with E-state index in [0.29, 0.717) is 0 Å². The molecule has 7 heteroatoms. The molecular weight excluding hydrogens is 235 g/mol. The molecule has 16 heavy (non-hydrogen) atoms. The lowest BCUT2D eigenvalue weighted by molar-refractivity contribution is -0.156. The maximum atomic E-state index is 11.3. The fourth-order valence-corrected chi connectivity index (χ4v) is 1.66. The highest BCUT2D eigenvalue weighted by molar-refractivity contribution is 7.47. The average molecular weight is 252 g/mol. The molecule has 0 aliphatic heterocycles. The summed E-state index contributed by atoms with van der Waals surface area (Å²) in [5.41, 5.74) is 0. The van der Waals surface area contributed by atoms with E-state index in [9.17, 15) is 14.3 Å². The summed E-state index contributed by atoms with van der Waals surface area (Å²) in [4.78, 5) is 20.0. The van der Waals surface area contributed by atoms with Crippen molar-refractivity contribution in [2.75, 3.05) is 6.61 Å². The number of carbonyl (C=O) groups excluding carboxylic acids is 1. The van der Waals surface area contributed by atoms with Gasteiger partial charge in [-0.1, -0.05) is 20.4 Å². The molecule has 0 rings (SSSR count). The van der Waals surface area contributed by atoms with Crippen molar-refractivity contribution in [2.24, 2.45) is 5.92 Å². The molecule has 0 aliphatic rings. The Hall–Kier alpha value is -0.680. The van der Waals surface area contributed by atoms with Crippen LogP contribution in [0.25, 0.3) is 0 Å². The van der Waals surface area contributed by atoms with Crippen LogP contribution in [-0.2, 0) is 23.1 Å². The molecule has 0 aromatic carbocycles. The molecule has 0 heterocycles. The van der Waals surface area contributed by atoms with Gasteiger partial charge in [-0.25, -0.2) is 13.9 Å². The van der Waals surface area contributed by atoms with Gasteiger partial charge in [-0.3, -0.25) is 4.52 Å². The van der Waals surface area contributed by atoms with E-state index in [0.717, 1.165) is 6.08 Å². The maximum Gasteiger partial charge on any atom is 0.475 e. The molecule has 0 aromatic rings. The van der Waals surface area contributed by atoms with E-state index in [4.69, 9.17) is 0 Å². The molecule has 0 bridgehead atoms. The Kier molecular flexibility index (Phi) is 6.52. The number of ether oxygens (including phenoxy) is 1. The van der Waals surface area contributed by atoms with E-state index < -0.39 is 20.1 Å². The molecular formula is C9H17O6P. The predicted molar refractivity (Wildman–Crippen MR) is 57.5 cm³/mol. The molecule has 0 spiro atoms. The monoisotopic (exact) mass is 252 g/mol. The summed E-state index contributed by atoms with van der Waals surface area (Å²) in [5.74, 6) is -0.647. The smallest absolute Gasteiger partial charge is 0.432 e. The van der Waals surface area contributed by atoms with E-state index in [1.165, 1.54) is 6.92 Å². The van der Waals surface area contributed by atoms with Crippen molar-refractivity contribution in [3.8, 4) is 0 Å². The summed E-state index contributed by atoms with van der Waals surface area (Å²) in [6.07, 6.45) is -0.245. The summed E-state index contributed by atoms with van der Waals surface area (Å²) in [6.45, 7) is 8.21. The molecule has 0 aliphatic carbocycles. The second kappa shape index (κ2) is 6.81. The molecule has 0 saturated carbocycles. The standard InChI is InChI=1S/C9H17O6P/c1-5-9(10)14-8(4)15-16(11,12)13-6-7(2)3/h5,7-8H,1,6H2,2-4H3,(H,11,12). The molecule has 6 nitrogen and oxygen atoms in total. The maximum absolute atomic E-state index is 11.3. The fraction of sp³-hybridized carbons (Fsp3) is 0.667. The van der Waals surface area contributed by atoms with Gasteiger partial charge in [0.05, 0.1) is 6.61 Å². The lowest BCUT2D eigenvalue weighted by Gasteiger charge is -2.17. The molecule has 1 N–H and O–H groups in total. The summed E-state index contributed by atoms with van der Waals surface area (Å²) in [6, 6.07) is 0. The molecule has 0 radical (unpaired) electrons. The Morgan fingerprint density at radius 1 is 1.50 bits per heavy atom. The molecule has 2 unspecified atom stereocenters. The Morgan fingerprint density at radius 2 is 2.06 bits per heavy atom. The first-order valence-corrected chi connectivity index (χ1v) is 6.25. The van der Waals surface area contributed by atoms with Gasteiger partial charge in [-0.05, 0) is 12.8 Å². The van der Waals surface area contributed by atoms with E-state index in [-0.39, 0.29) is 12.5 Å². The highest BCUT2D eigenvalue weighted by atomic mass is 31.2. The lowest BCUT2D eigenvalue weighted by Crippen LogP contribution is -2.16. The van der Waals surface area contributed by atoms with E-state index in [1.54, 1.807) is 0 Å². The van der Waals surface area contributed by atoms with Gasteiger partial charge in [0, 0.05) is 6.08 Å². The minimum atomic E-state index is -4.18. The topological polar surface area (TPSA) is 82.1 Å². The van der Waals surface area contributed by atoms with E-state index >= 15 is 0 Å². The van der Waals surface area contributed by atoms with Gasteiger partial charge in [0.1, 0.15) is 0 Å². The van der Waals surface area contributed by atoms with Crippen LogP contribution >= 0.6 is 7.82 Å². The zero-order valence-corrected chi connectivity index (χ0v) is 10.5. The van der Waals surface area contributed by atoms with Gasteiger partial charge in [-0.15, -0.1) is 0 Å². The number of hydrogen-bond donors (Lipinski definition) is 1. The second-order valence-corrected chi connectivity index (χ2v) is 4.88. The van der Waals surface area contributed by atoms with E-state index in [2.05, 4.69) is 20.4 Å². The molecule has 0 amide bonds. The van der Waals surface area contributed by atoms with Gasteiger partial charge in [-0.2, -0.15) is 0 Å². The zero-order chi connectivity index (χ0) is 12.8. The number of hydrogen-bond acceptors (Lipinski definition) is 5. The summed E-state index contributed by atoms with van der Waals surface area (Å²) in [5, 5.41) is 0. The zero-order valence-electron chi connectivity index (χ0n) is 9.58. The summed E-state index contributed by atoms with van der Waals surface area (Å²) < 4.78 is 25.1. The third-order valence-corrected chi connectivity index (χ3v) is 2.34. The molecule has 0 fully saturated rings. The molecule has 94 valence electrons. The highest BCUT2D eigenvalue weighted by Gasteiger charge is 2.26. The van der Waals surface area contributed by atoms with Crippen LogP contribution in [0.2, 0.25) is 0 Å². The normalized spacial score (nSPS) is 16.6. The second-order valence-electron chi connectivity index (χ2n) is 3.47. The van der Waals surface area contributed by atoms with Crippen molar-refractivity contribution in [3.05, 3.63) is 12.7 Å². The largest absolute Gasteiger partial charge is 0.475 e. The van der Waals surface area contributed by atoms with Gasteiger partial charge in [0.25, 0.3) is 0 Å². The Balaban J connectivity index is 4.09. The van der Waals surface area contributed by atoms with E-state index in [1.807, 2.05) is 13.8 Å². The quantitative estimate of drug-likeness (QED) is 0.322. The Morgan fingerprint density at radius 3 is 2.50 bits per heavy atom. The van der Waals surface area contributed by atoms with Crippen LogP contribution in [0, 0.1) is 5.92 Å². The first kappa shape index (κ1) is 15.3. The third kappa shape index (κ3) is 7.59. The van der Waals surface area contributed by atoms with Gasteiger partial charge >= 0.3 is 13.8 Å². The summed E-state index contributed by atoms with van der Waals surface area (Å²) >= 11 is 0. The van der Waals surface area contributed by atoms with Crippen molar-refractivity contribution in [2.45, 2.75) is 27.1 Å². The van der Waals surface area contributed by atoms with Crippen LogP contribution in [0.15, 0.2) is 12.7 Å². The van der Waals surface area contributed by atoms with Gasteiger partial charge in [0.15, 0.2) is 0 Å². The van der Waals surface area contributed by atoms with Crippen LogP contribution in [0.5, 0.6) is 0 Å². The van der Waals surface area contributed by atoms with Crippen LogP contribution < -0.4 is 0 Å². The van der Waals surface area contributed by atoms with Gasteiger partial charge in [0.2, 0.25) is 6.29 Å². The SMILES string of the molecule is C=CC(=O)OC(C)OP(=O)(O)OCC(C)C. The van der Waals surface area contributed by atoms with Crippen molar-refractivity contribution in [1.29, 1.82) is 0 Å². The Bertz CT molecular complexity index is 288. The predicted octanol–water partition coefficient (Wildman–Crippen LogP) is 1.85. The fourth-order valence-electron chi connectivity index (χ4n) is 0.694. The minimum absolute atomic E-state index is 0.0793. The highest BCUT2D eigenvalue weighted by Crippen LogP contribution is 2.44. The van der Waals surface area contributed by atoms with Crippen LogP contribution in [0.3, 0.4) is 0 Å². The van der Waals surface area contributed by atoms with Crippen molar-refractivity contribution in [3.63, 3.8) is 0 Å². The van der Waals surface area contributed by atoms with Crippen LogP contribution in [0.1, 0.15) is 20.8 Å². The third-order valence-electron chi connectivity index (χ3n) is 1.30. The van der Waals surface area contributed by atoms with Crippen LogP contribution in [0.4, 0.5) is 0 Å². The number of esters is 1. The minimum Gasteiger partial charge on any atom is -0.432 e. The number of rotatable bonds is 7. The first-order chi connectivity index (χ1) is 7.26. The van der Waals surface area contributed by atoms with Crippen molar-refractivity contribution >= 4 is 13.8 Å². The first-order valence-electron chi connectivity index (χ1n) is 4.75. The summed E-state index contributed by atoms with van der Waals surface area (Å²) in [7, 11) is -4.18. The number of carbonyl (C=O) groups is 1. The number of phosphoric acid groups is 1. The number of phosphoric ester groups is 1. The van der Waals surface area contributed by atoms with Crippen LogP contribution in [-0.4, -0.2) is 23.8 Å². The molecule has 0 saturated heterocycles. The van der Waals surface area contributed by atoms with Crippen molar-refractivity contribution in [1.82, 2.24) is 0 Å². The van der Waals surface area contributed by atoms with Crippen molar-refractivity contribution < 1.29 is 28.0 Å².